The van der Waals surface area contributed by atoms with Gasteiger partial charge in [-0.3, -0.25) is 4.79 Å². The number of nitrogens with one attached hydrogen (secondary N) is 1. The molecular formula is C12H12N2O3. The number of esters is 1. The smallest absolute Gasteiger partial charge is 0.333 e. The Labute approximate surface area is 99.0 Å². The van der Waals surface area contributed by atoms with Gasteiger partial charge in [0.05, 0.1) is 13.2 Å². The van der Waals surface area contributed by atoms with Crippen molar-refractivity contribution in [3.05, 3.63) is 35.9 Å². The molecule has 1 aromatic rings. The fourth-order valence-electron chi connectivity index (χ4n) is 1.33. The maximum Gasteiger partial charge on any atom is 0.333 e. The van der Waals surface area contributed by atoms with Crippen LogP contribution in [-0.4, -0.2) is 19.0 Å². The van der Waals surface area contributed by atoms with Crippen molar-refractivity contribution in [2.75, 3.05) is 7.11 Å². The van der Waals surface area contributed by atoms with Crippen molar-refractivity contribution in [2.45, 2.75) is 12.5 Å². The summed E-state index contributed by atoms with van der Waals surface area (Å²) in [5.74, 6) is -1.07. The van der Waals surface area contributed by atoms with Gasteiger partial charge >= 0.3 is 5.97 Å². The Kier molecular flexibility index (Phi) is 4.70. The minimum Gasteiger partial charge on any atom is -0.467 e. The monoisotopic (exact) mass is 232 g/mol. The summed E-state index contributed by atoms with van der Waals surface area (Å²) in [5.41, 5.74) is 0.616. The average molecular weight is 232 g/mol. The molecule has 0 aliphatic carbocycles. The number of carbonyl (C=O) groups is 2. The lowest BCUT2D eigenvalue weighted by molar-refractivity contribution is -0.145. The third-order valence-corrected chi connectivity index (χ3v) is 2.11. The number of rotatable bonds is 4. The first kappa shape index (κ1) is 12.7. The molecule has 0 spiro atoms. The third kappa shape index (κ3) is 3.61. The van der Waals surface area contributed by atoms with E-state index >= 15 is 0 Å². The summed E-state index contributed by atoms with van der Waals surface area (Å²) in [4.78, 5) is 22.8. The van der Waals surface area contributed by atoms with Gasteiger partial charge in [0.25, 0.3) is 0 Å². The predicted molar refractivity (Wildman–Crippen MR) is 59.6 cm³/mol. The van der Waals surface area contributed by atoms with E-state index < -0.39 is 17.9 Å². The van der Waals surface area contributed by atoms with Gasteiger partial charge in [-0.2, -0.15) is 5.26 Å². The van der Waals surface area contributed by atoms with Crippen LogP contribution in [0.2, 0.25) is 0 Å². The number of carbonyl (C=O) groups excluding carboxylic acids is 2. The van der Waals surface area contributed by atoms with Gasteiger partial charge in [0.1, 0.15) is 6.42 Å². The first-order chi connectivity index (χ1) is 8.19. The molecule has 0 saturated carbocycles. The highest BCUT2D eigenvalue weighted by Crippen LogP contribution is 2.14. The molecule has 0 fully saturated rings. The van der Waals surface area contributed by atoms with Gasteiger partial charge in [-0.05, 0) is 5.56 Å². The molecule has 0 bridgehead atoms. The van der Waals surface area contributed by atoms with Crippen molar-refractivity contribution in [1.29, 1.82) is 5.26 Å². The van der Waals surface area contributed by atoms with Crippen LogP contribution in [-0.2, 0) is 14.3 Å². The molecule has 0 aliphatic rings. The highest BCUT2D eigenvalue weighted by Gasteiger charge is 2.22. The quantitative estimate of drug-likeness (QED) is 0.783. The molecule has 0 aliphatic heterocycles. The van der Waals surface area contributed by atoms with Crippen molar-refractivity contribution in [1.82, 2.24) is 5.32 Å². The Morgan fingerprint density at radius 1 is 1.41 bits per heavy atom. The number of methoxy groups -OCH3 is 1. The second kappa shape index (κ2) is 6.28. The zero-order valence-electron chi connectivity index (χ0n) is 9.34. The summed E-state index contributed by atoms with van der Waals surface area (Å²) >= 11 is 0. The van der Waals surface area contributed by atoms with Crippen LogP contribution in [0.1, 0.15) is 18.0 Å². The van der Waals surface area contributed by atoms with Crippen molar-refractivity contribution in [3.8, 4) is 6.07 Å². The fourth-order valence-corrected chi connectivity index (χ4v) is 1.33. The molecule has 88 valence electrons. The molecule has 5 nitrogen and oxygen atoms in total. The molecule has 5 heteroatoms. The van der Waals surface area contributed by atoms with E-state index in [1.165, 1.54) is 7.11 Å². The molecule has 0 saturated heterocycles. The normalized spacial score (nSPS) is 11.1. The molecule has 0 radical (unpaired) electrons. The Balaban J connectivity index is 2.86. The number of ether oxygens (including phenoxy) is 1. The lowest BCUT2D eigenvalue weighted by Crippen LogP contribution is -2.34. The maximum atomic E-state index is 11.5. The van der Waals surface area contributed by atoms with Gasteiger partial charge in [0, 0.05) is 0 Å². The molecule has 1 amide bonds. The number of hydrogen-bond donors (Lipinski definition) is 1. The topological polar surface area (TPSA) is 79.2 Å². The average Bonchev–Trinajstić information content (AvgIpc) is 2.36. The number of amides is 1. The summed E-state index contributed by atoms with van der Waals surface area (Å²) in [7, 11) is 1.24. The Bertz CT molecular complexity index is 437. The van der Waals surface area contributed by atoms with Gasteiger partial charge in [-0.15, -0.1) is 0 Å². The van der Waals surface area contributed by atoms with Crippen molar-refractivity contribution < 1.29 is 14.3 Å². The summed E-state index contributed by atoms with van der Waals surface area (Å²) < 4.78 is 4.61. The predicted octanol–water partition coefficient (Wildman–Crippen LogP) is 0.931. The van der Waals surface area contributed by atoms with Crippen molar-refractivity contribution >= 4 is 11.9 Å². The highest BCUT2D eigenvalue weighted by atomic mass is 16.5. The van der Waals surface area contributed by atoms with Gasteiger partial charge in [0.2, 0.25) is 5.91 Å². The molecule has 0 aromatic heterocycles. The minimum atomic E-state index is -0.873. The zero-order chi connectivity index (χ0) is 12.7. The van der Waals surface area contributed by atoms with E-state index in [2.05, 4.69) is 10.1 Å². The first-order valence-corrected chi connectivity index (χ1v) is 4.98. The number of hydrogen-bond acceptors (Lipinski definition) is 4. The minimum absolute atomic E-state index is 0.291. The van der Waals surface area contributed by atoms with Gasteiger partial charge in [0.15, 0.2) is 6.04 Å². The van der Waals surface area contributed by atoms with E-state index in [-0.39, 0.29) is 6.42 Å². The van der Waals surface area contributed by atoms with Crippen LogP contribution in [0.3, 0.4) is 0 Å². The molecule has 0 heterocycles. The summed E-state index contributed by atoms with van der Waals surface area (Å²) in [6, 6.07) is 9.55. The summed E-state index contributed by atoms with van der Waals surface area (Å²) in [6.07, 6.45) is -0.291. The lowest BCUT2D eigenvalue weighted by Gasteiger charge is -2.15. The largest absolute Gasteiger partial charge is 0.467 e. The van der Waals surface area contributed by atoms with Crippen LogP contribution in [0, 0.1) is 11.3 Å². The Morgan fingerprint density at radius 3 is 2.59 bits per heavy atom. The van der Waals surface area contributed by atoms with Crippen LogP contribution in [0.5, 0.6) is 0 Å². The molecule has 1 rings (SSSR count). The second-order valence-corrected chi connectivity index (χ2v) is 3.27. The molecule has 17 heavy (non-hydrogen) atoms. The van der Waals surface area contributed by atoms with Crippen molar-refractivity contribution in [3.63, 3.8) is 0 Å². The van der Waals surface area contributed by atoms with Crippen LogP contribution in [0.4, 0.5) is 0 Å². The number of benzene rings is 1. The summed E-state index contributed by atoms with van der Waals surface area (Å²) in [5, 5.41) is 10.8. The first-order valence-electron chi connectivity index (χ1n) is 4.98. The summed E-state index contributed by atoms with van der Waals surface area (Å²) in [6.45, 7) is 0. The van der Waals surface area contributed by atoms with Crippen LogP contribution >= 0.6 is 0 Å². The van der Waals surface area contributed by atoms with Gasteiger partial charge in [-0.1, -0.05) is 30.3 Å². The van der Waals surface area contributed by atoms with E-state index in [1.54, 1.807) is 36.4 Å². The number of nitriles is 1. The molecular weight excluding hydrogens is 220 g/mol. The van der Waals surface area contributed by atoms with E-state index in [0.29, 0.717) is 5.56 Å². The third-order valence-electron chi connectivity index (χ3n) is 2.11. The SMILES string of the molecule is COC(=O)C(NC(=O)CC#N)c1ccccc1. The van der Waals surface area contributed by atoms with E-state index in [0.717, 1.165) is 0 Å². The Morgan fingerprint density at radius 2 is 2.06 bits per heavy atom. The molecule has 1 N–H and O–H groups in total. The molecule has 1 aromatic carbocycles. The Hall–Kier alpha value is -2.35. The zero-order valence-corrected chi connectivity index (χ0v) is 9.34. The fraction of sp³-hybridized carbons (Fsp3) is 0.250. The van der Waals surface area contributed by atoms with Crippen molar-refractivity contribution in [2.24, 2.45) is 0 Å². The van der Waals surface area contributed by atoms with E-state index in [1.807, 2.05) is 0 Å². The van der Waals surface area contributed by atoms with Crippen LogP contribution in [0.25, 0.3) is 0 Å². The molecule has 1 unspecified atom stereocenters. The van der Waals surface area contributed by atoms with E-state index in [9.17, 15) is 9.59 Å². The van der Waals surface area contributed by atoms with Crippen LogP contribution < -0.4 is 5.32 Å². The van der Waals surface area contributed by atoms with Crippen LogP contribution in [0.15, 0.2) is 30.3 Å². The van der Waals surface area contributed by atoms with Gasteiger partial charge in [-0.25, -0.2) is 4.79 Å². The molecule has 1 atom stereocenters. The highest BCUT2D eigenvalue weighted by molar-refractivity contribution is 5.86. The van der Waals surface area contributed by atoms with E-state index in [4.69, 9.17) is 5.26 Å². The maximum absolute atomic E-state index is 11.5. The number of nitrogens with zero attached hydrogens (tertiary/aromatic N) is 1. The second-order valence-electron chi connectivity index (χ2n) is 3.27. The standard InChI is InChI=1S/C12H12N2O3/c1-17-12(16)11(14-10(15)7-8-13)9-5-3-2-4-6-9/h2-6,11H,7H2,1H3,(H,14,15). The van der Waals surface area contributed by atoms with Gasteiger partial charge < -0.3 is 10.1 Å². The lowest BCUT2D eigenvalue weighted by atomic mass is 10.1.